The van der Waals surface area contributed by atoms with Crippen molar-refractivity contribution in [2.45, 2.75) is 52.6 Å². The summed E-state index contributed by atoms with van der Waals surface area (Å²) in [5, 5.41) is 5.90. The number of furan rings is 1. The molecule has 1 aliphatic heterocycles. The molecule has 0 saturated carbocycles. The van der Waals surface area contributed by atoms with Crippen LogP contribution >= 0.6 is 0 Å². The van der Waals surface area contributed by atoms with Crippen LogP contribution in [-0.4, -0.2) is 61.6 Å². The Balaban J connectivity index is 2.00. The number of ether oxygens (including phenoxy) is 1. The van der Waals surface area contributed by atoms with Gasteiger partial charge in [0, 0.05) is 25.7 Å². The average molecular weight is 394 g/mol. The van der Waals surface area contributed by atoms with E-state index in [0.29, 0.717) is 12.5 Å². The normalized spacial score (nSPS) is 17.5. The number of amides is 2. The van der Waals surface area contributed by atoms with Crippen molar-refractivity contribution in [2.75, 3.05) is 32.8 Å². The summed E-state index contributed by atoms with van der Waals surface area (Å²) in [6.07, 6.45) is 3.58. The molecule has 1 aliphatic rings. The molecule has 158 valence electrons. The van der Waals surface area contributed by atoms with Crippen LogP contribution in [0.4, 0.5) is 0 Å². The Kier molecular flexibility index (Phi) is 8.99. The predicted octanol–water partition coefficient (Wildman–Crippen LogP) is 2.29. The Morgan fingerprint density at radius 2 is 1.86 bits per heavy atom. The molecule has 1 aromatic rings. The maximum Gasteiger partial charge on any atom is 0.287 e. The van der Waals surface area contributed by atoms with Gasteiger partial charge in [0.05, 0.1) is 19.5 Å². The van der Waals surface area contributed by atoms with Crippen molar-refractivity contribution in [1.82, 2.24) is 15.5 Å². The highest BCUT2D eigenvalue weighted by Crippen LogP contribution is 2.19. The molecule has 2 N–H and O–H groups in total. The highest BCUT2D eigenvalue weighted by Gasteiger charge is 2.30. The van der Waals surface area contributed by atoms with E-state index in [1.54, 1.807) is 12.1 Å². The van der Waals surface area contributed by atoms with Crippen LogP contribution in [0, 0.1) is 11.8 Å². The van der Waals surface area contributed by atoms with Crippen molar-refractivity contribution in [3.8, 4) is 0 Å². The lowest BCUT2D eigenvalue weighted by atomic mass is 9.92. The molecule has 0 spiro atoms. The fourth-order valence-electron chi connectivity index (χ4n) is 3.81. The van der Waals surface area contributed by atoms with Crippen molar-refractivity contribution in [1.29, 1.82) is 0 Å². The van der Waals surface area contributed by atoms with E-state index >= 15 is 0 Å². The van der Waals surface area contributed by atoms with Crippen LogP contribution in [0.5, 0.6) is 0 Å². The molecule has 1 saturated heterocycles. The molecule has 0 aromatic carbocycles. The fourth-order valence-corrected chi connectivity index (χ4v) is 3.81. The van der Waals surface area contributed by atoms with Crippen molar-refractivity contribution >= 4 is 11.8 Å². The number of rotatable bonds is 10. The van der Waals surface area contributed by atoms with Gasteiger partial charge >= 0.3 is 0 Å². The van der Waals surface area contributed by atoms with E-state index in [-0.39, 0.29) is 29.5 Å². The number of carbonyl (C=O) groups is 2. The Labute approximate surface area is 168 Å². The molecule has 2 rings (SSSR count). The van der Waals surface area contributed by atoms with Crippen molar-refractivity contribution in [3.05, 3.63) is 24.2 Å². The van der Waals surface area contributed by atoms with Gasteiger partial charge in [-0.05, 0) is 24.0 Å². The minimum absolute atomic E-state index is 0.0334. The maximum absolute atomic E-state index is 12.9. The van der Waals surface area contributed by atoms with E-state index in [0.717, 1.165) is 39.1 Å². The minimum atomic E-state index is -0.607. The SMILES string of the molecule is CCC(CC)C(CNC(=O)C(NC(=O)c1ccco1)C(C)C)N1CCOCC1. The molecule has 2 atom stereocenters. The molecular formula is C21H35N3O4. The second kappa shape index (κ2) is 11.2. The smallest absolute Gasteiger partial charge is 0.287 e. The number of morpholine rings is 1. The number of carbonyl (C=O) groups excluding carboxylic acids is 2. The van der Waals surface area contributed by atoms with E-state index in [1.807, 2.05) is 13.8 Å². The minimum Gasteiger partial charge on any atom is -0.459 e. The van der Waals surface area contributed by atoms with Crippen molar-refractivity contribution in [3.63, 3.8) is 0 Å². The second-order valence-corrected chi connectivity index (χ2v) is 7.71. The van der Waals surface area contributed by atoms with Gasteiger partial charge in [0.2, 0.25) is 5.91 Å². The molecule has 7 heteroatoms. The standard InChI is InChI=1S/C21H35N3O4/c1-5-16(6-2)17(24-9-12-27-13-10-24)14-22-21(26)19(15(3)4)23-20(25)18-8-7-11-28-18/h7-8,11,15-17,19H,5-6,9-10,12-14H2,1-4H3,(H,22,26)(H,23,25). The van der Waals surface area contributed by atoms with E-state index in [1.165, 1.54) is 6.26 Å². The highest BCUT2D eigenvalue weighted by atomic mass is 16.5. The molecule has 2 amide bonds. The molecular weight excluding hydrogens is 358 g/mol. The molecule has 1 aromatic heterocycles. The second-order valence-electron chi connectivity index (χ2n) is 7.71. The summed E-state index contributed by atoms with van der Waals surface area (Å²) in [6, 6.07) is 2.91. The molecule has 0 radical (unpaired) electrons. The Morgan fingerprint density at radius 1 is 1.18 bits per heavy atom. The summed E-state index contributed by atoms with van der Waals surface area (Å²) >= 11 is 0. The Hall–Kier alpha value is -1.86. The van der Waals surface area contributed by atoms with Crippen LogP contribution < -0.4 is 10.6 Å². The first-order valence-corrected chi connectivity index (χ1v) is 10.4. The van der Waals surface area contributed by atoms with E-state index in [9.17, 15) is 9.59 Å². The van der Waals surface area contributed by atoms with Gasteiger partial charge in [0.1, 0.15) is 6.04 Å². The van der Waals surface area contributed by atoms with Crippen molar-refractivity contribution < 1.29 is 18.7 Å². The predicted molar refractivity (Wildman–Crippen MR) is 108 cm³/mol. The molecule has 0 aliphatic carbocycles. The van der Waals surface area contributed by atoms with Crippen LogP contribution in [0.25, 0.3) is 0 Å². The highest BCUT2D eigenvalue weighted by molar-refractivity contribution is 5.95. The molecule has 28 heavy (non-hydrogen) atoms. The zero-order chi connectivity index (χ0) is 20.5. The quantitative estimate of drug-likeness (QED) is 0.637. The van der Waals surface area contributed by atoms with Crippen LogP contribution in [0.15, 0.2) is 22.8 Å². The average Bonchev–Trinajstić information content (AvgIpc) is 3.24. The largest absolute Gasteiger partial charge is 0.459 e. The lowest BCUT2D eigenvalue weighted by molar-refractivity contribution is -0.124. The topological polar surface area (TPSA) is 83.8 Å². The number of hydrogen-bond acceptors (Lipinski definition) is 5. The first-order valence-electron chi connectivity index (χ1n) is 10.4. The van der Waals surface area contributed by atoms with Crippen LogP contribution in [-0.2, 0) is 9.53 Å². The van der Waals surface area contributed by atoms with Gasteiger partial charge in [-0.3, -0.25) is 14.5 Å². The summed E-state index contributed by atoms with van der Waals surface area (Å²) < 4.78 is 10.6. The molecule has 7 nitrogen and oxygen atoms in total. The Bertz CT molecular complexity index is 593. The van der Waals surface area contributed by atoms with E-state index in [2.05, 4.69) is 29.4 Å². The molecule has 0 bridgehead atoms. The number of nitrogens with one attached hydrogen (secondary N) is 2. The van der Waals surface area contributed by atoms with E-state index in [4.69, 9.17) is 9.15 Å². The maximum atomic E-state index is 12.9. The van der Waals surface area contributed by atoms with Crippen LogP contribution in [0.3, 0.4) is 0 Å². The summed E-state index contributed by atoms with van der Waals surface area (Å²) in [5.41, 5.74) is 0. The summed E-state index contributed by atoms with van der Waals surface area (Å²) in [7, 11) is 0. The van der Waals surface area contributed by atoms with Gasteiger partial charge in [0.25, 0.3) is 5.91 Å². The van der Waals surface area contributed by atoms with E-state index < -0.39 is 6.04 Å². The molecule has 1 fully saturated rings. The lowest BCUT2D eigenvalue weighted by Gasteiger charge is -2.39. The van der Waals surface area contributed by atoms with Gasteiger partial charge in [0.15, 0.2) is 5.76 Å². The number of hydrogen-bond donors (Lipinski definition) is 2. The number of nitrogens with zero attached hydrogens (tertiary/aromatic N) is 1. The van der Waals surface area contributed by atoms with Gasteiger partial charge in [-0.2, -0.15) is 0 Å². The molecule has 2 unspecified atom stereocenters. The van der Waals surface area contributed by atoms with Gasteiger partial charge < -0.3 is 19.8 Å². The first-order chi connectivity index (χ1) is 13.5. The third-order valence-corrected chi connectivity index (χ3v) is 5.57. The molecule has 2 heterocycles. The summed E-state index contributed by atoms with van der Waals surface area (Å²) in [6.45, 7) is 12.1. The van der Waals surface area contributed by atoms with Gasteiger partial charge in [-0.25, -0.2) is 0 Å². The monoisotopic (exact) mass is 393 g/mol. The zero-order valence-corrected chi connectivity index (χ0v) is 17.6. The van der Waals surface area contributed by atoms with Gasteiger partial charge in [-0.1, -0.05) is 40.5 Å². The van der Waals surface area contributed by atoms with Crippen LogP contribution in [0.1, 0.15) is 51.1 Å². The van der Waals surface area contributed by atoms with Crippen molar-refractivity contribution in [2.24, 2.45) is 11.8 Å². The third kappa shape index (κ3) is 6.07. The first kappa shape index (κ1) is 22.4. The third-order valence-electron chi connectivity index (χ3n) is 5.57. The van der Waals surface area contributed by atoms with Gasteiger partial charge in [-0.15, -0.1) is 0 Å². The summed E-state index contributed by atoms with van der Waals surface area (Å²) in [5.74, 6) is 0.159. The fraction of sp³-hybridized carbons (Fsp3) is 0.714. The summed E-state index contributed by atoms with van der Waals surface area (Å²) in [4.78, 5) is 27.6. The zero-order valence-electron chi connectivity index (χ0n) is 17.6. The lowest BCUT2D eigenvalue weighted by Crippen LogP contribution is -2.55. The van der Waals surface area contributed by atoms with Crippen LogP contribution in [0.2, 0.25) is 0 Å². The Morgan fingerprint density at radius 3 is 2.39 bits per heavy atom.